The lowest BCUT2D eigenvalue weighted by Gasteiger charge is -2.08. The minimum absolute atomic E-state index is 0.0628. The second-order valence-corrected chi connectivity index (χ2v) is 7.43. The summed E-state index contributed by atoms with van der Waals surface area (Å²) in [5.74, 6) is -1.05. The van der Waals surface area contributed by atoms with Crippen LogP contribution in [0.1, 0.15) is 10.4 Å². The van der Waals surface area contributed by atoms with E-state index in [-0.39, 0.29) is 17.8 Å². The zero-order valence-electron chi connectivity index (χ0n) is 12.9. The molecule has 0 fully saturated rings. The number of anilines is 1. The molecular weight excluding hydrogens is 397 g/mol. The smallest absolute Gasteiger partial charge is 0.262 e. The molecule has 0 spiro atoms. The van der Waals surface area contributed by atoms with Crippen LogP contribution in [0.5, 0.6) is 0 Å². The monoisotopic (exact) mass is 409 g/mol. The Kier molecular flexibility index (Phi) is 4.51. The molecule has 0 unspecified atom stereocenters. The van der Waals surface area contributed by atoms with Gasteiger partial charge >= 0.3 is 0 Å². The molecule has 0 aliphatic carbocycles. The van der Waals surface area contributed by atoms with Gasteiger partial charge in [0.15, 0.2) is 0 Å². The van der Waals surface area contributed by atoms with Gasteiger partial charge in [0.05, 0.1) is 17.4 Å². The van der Waals surface area contributed by atoms with Crippen molar-refractivity contribution >= 4 is 49.1 Å². The standard InChI is InChI=1S/C16H13BrFN3O2S/c1-8-9(2)24-15-14(8)16(23)21(7-19-15)6-13(22)20-12-4-3-10(17)5-11(12)18/h3-5,7H,6H2,1-2H3,(H,20,22). The molecule has 124 valence electrons. The lowest BCUT2D eigenvalue weighted by Crippen LogP contribution is -2.28. The van der Waals surface area contributed by atoms with Gasteiger partial charge in [0.25, 0.3) is 5.56 Å². The number of carbonyl (C=O) groups is 1. The molecule has 0 radical (unpaired) electrons. The van der Waals surface area contributed by atoms with Crippen LogP contribution >= 0.6 is 27.3 Å². The number of benzene rings is 1. The van der Waals surface area contributed by atoms with Crippen molar-refractivity contribution in [3.8, 4) is 0 Å². The van der Waals surface area contributed by atoms with Crippen molar-refractivity contribution in [2.75, 3.05) is 5.32 Å². The van der Waals surface area contributed by atoms with E-state index in [9.17, 15) is 14.0 Å². The first-order chi connectivity index (χ1) is 11.4. The SMILES string of the molecule is Cc1sc2ncn(CC(=O)Nc3ccc(Br)cc3F)c(=O)c2c1C. The number of aryl methyl sites for hydroxylation is 2. The average molecular weight is 410 g/mol. The Morgan fingerprint density at radius 1 is 1.42 bits per heavy atom. The molecule has 1 amide bonds. The Labute approximate surface area is 149 Å². The van der Waals surface area contributed by atoms with Gasteiger partial charge in [0, 0.05) is 9.35 Å². The maximum Gasteiger partial charge on any atom is 0.262 e. The quantitative estimate of drug-likeness (QED) is 0.718. The molecule has 5 nitrogen and oxygen atoms in total. The summed E-state index contributed by atoms with van der Waals surface area (Å²) < 4.78 is 15.6. The fourth-order valence-electron chi connectivity index (χ4n) is 2.32. The fraction of sp³-hybridized carbons (Fsp3) is 0.188. The molecule has 0 aliphatic heterocycles. The Hall–Kier alpha value is -2.06. The van der Waals surface area contributed by atoms with Crippen LogP contribution in [0.4, 0.5) is 10.1 Å². The van der Waals surface area contributed by atoms with Crippen LogP contribution in [0, 0.1) is 19.7 Å². The zero-order valence-corrected chi connectivity index (χ0v) is 15.3. The molecule has 0 saturated carbocycles. The highest BCUT2D eigenvalue weighted by Crippen LogP contribution is 2.25. The van der Waals surface area contributed by atoms with Gasteiger partial charge in [-0.2, -0.15) is 0 Å². The molecule has 24 heavy (non-hydrogen) atoms. The van der Waals surface area contributed by atoms with E-state index in [1.807, 2.05) is 13.8 Å². The molecule has 0 aliphatic rings. The normalized spacial score (nSPS) is 11.0. The van der Waals surface area contributed by atoms with Crippen molar-refractivity contribution in [1.82, 2.24) is 9.55 Å². The van der Waals surface area contributed by atoms with E-state index in [0.717, 1.165) is 10.4 Å². The molecule has 3 aromatic rings. The third-order valence-electron chi connectivity index (χ3n) is 3.67. The number of hydrogen-bond acceptors (Lipinski definition) is 4. The number of nitrogens with zero attached hydrogens (tertiary/aromatic N) is 2. The van der Waals surface area contributed by atoms with E-state index in [4.69, 9.17) is 0 Å². The highest BCUT2D eigenvalue weighted by molar-refractivity contribution is 9.10. The van der Waals surface area contributed by atoms with Crippen molar-refractivity contribution in [3.05, 3.63) is 55.6 Å². The summed E-state index contributed by atoms with van der Waals surface area (Å²) in [4.78, 5) is 30.6. The van der Waals surface area contributed by atoms with E-state index in [0.29, 0.717) is 14.7 Å². The topological polar surface area (TPSA) is 64.0 Å². The van der Waals surface area contributed by atoms with Crippen LogP contribution in [0.2, 0.25) is 0 Å². The van der Waals surface area contributed by atoms with Crippen LogP contribution < -0.4 is 10.9 Å². The molecule has 1 aromatic carbocycles. The molecule has 3 rings (SSSR count). The summed E-state index contributed by atoms with van der Waals surface area (Å²) in [5.41, 5.74) is 0.669. The fourth-order valence-corrected chi connectivity index (χ4v) is 3.64. The number of thiophene rings is 1. The number of nitrogens with one attached hydrogen (secondary N) is 1. The van der Waals surface area contributed by atoms with Gasteiger partial charge in [-0.05, 0) is 37.6 Å². The first kappa shape index (κ1) is 16.8. The van der Waals surface area contributed by atoms with Gasteiger partial charge in [-0.25, -0.2) is 9.37 Å². The molecule has 0 saturated heterocycles. The third kappa shape index (κ3) is 3.11. The second kappa shape index (κ2) is 6.45. The van der Waals surface area contributed by atoms with Gasteiger partial charge in [0.2, 0.25) is 5.91 Å². The Balaban J connectivity index is 1.87. The largest absolute Gasteiger partial charge is 0.322 e. The number of halogens is 2. The third-order valence-corrected chi connectivity index (χ3v) is 5.28. The summed E-state index contributed by atoms with van der Waals surface area (Å²) >= 11 is 4.60. The van der Waals surface area contributed by atoms with E-state index in [1.165, 1.54) is 34.4 Å². The number of carbonyl (C=O) groups excluding carboxylic acids is 1. The van der Waals surface area contributed by atoms with Crippen LogP contribution in [-0.2, 0) is 11.3 Å². The highest BCUT2D eigenvalue weighted by atomic mass is 79.9. The van der Waals surface area contributed by atoms with Crippen molar-refractivity contribution in [2.45, 2.75) is 20.4 Å². The lowest BCUT2D eigenvalue weighted by atomic mass is 10.2. The predicted octanol–water partition coefficient (Wildman–Crippen LogP) is 3.62. The molecule has 8 heteroatoms. The van der Waals surface area contributed by atoms with Crippen LogP contribution in [0.15, 0.2) is 33.8 Å². The molecule has 2 heterocycles. The van der Waals surface area contributed by atoms with Crippen molar-refractivity contribution in [1.29, 1.82) is 0 Å². The summed E-state index contributed by atoms with van der Waals surface area (Å²) in [6, 6.07) is 4.33. The van der Waals surface area contributed by atoms with Crippen LogP contribution in [0.25, 0.3) is 10.2 Å². The highest BCUT2D eigenvalue weighted by Gasteiger charge is 2.14. The number of hydrogen-bond donors (Lipinski definition) is 1. The Morgan fingerprint density at radius 3 is 2.88 bits per heavy atom. The second-order valence-electron chi connectivity index (χ2n) is 5.31. The Morgan fingerprint density at radius 2 is 2.17 bits per heavy atom. The summed E-state index contributed by atoms with van der Waals surface area (Å²) in [6.07, 6.45) is 1.34. The minimum Gasteiger partial charge on any atom is -0.322 e. The van der Waals surface area contributed by atoms with Crippen LogP contribution in [-0.4, -0.2) is 15.5 Å². The summed E-state index contributed by atoms with van der Waals surface area (Å²) in [6.45, 7) is 3.55. The van der Waals surface area contributed by atoms with Gasteiger partial charge in [-0.15, -0.1) is 11.3 Å². The maximum absolute atomic E-state index is 13.8. The van der Waals surface area contributed by atoms with Gasteiger partial charge in [0.1, 0.15) is 17.2 Å². The Bertz CT molecular complexity index is 1010. The first-order valence-electron chi connectivity index (χ1n) is 7.07. The van der Waals surface area contributed by atoms with E-state index < -0.39 is 11.7 Å². The molecule has 2 aromatic heterocycles. The van der Waals surface area contributed by atoms with Gasteiger partial charge in [-0.3, -0.25) is 14.2 Å². The van der Waals surface area contributed by atoms with E-state index in [2.05, 4.69) is 26.2 Å². The van der Waals surface area contributed by atoms with E-state index in [1.54, 1.807) is 6.07 Å². The van der Waals surface area contributed by atoms with Crippen LogP contribution in [0.3, 0.4) is 0 Å². The number of fused-ring (bicyclic) bond motifs is 1. The zero-order chi connectivity index (χ0) is 17.4. The molecule has 0 bridgehead atoms. The van der Waals surface area contributed by atoms with Crippen molar-refractivity contribution in [3.63, 3.8) is 0 Å². The number of amides is 1. The maximum atomic E-state index is 13.8. The average Bonchev–Trinajstić information content (AvgIpc) is 2.81. The van der Waals surface area contributed by atoms with Crippen molar-refractivity contribution < 1.29 is 9.18 Å². The number of aromatic nitrogens is 2. The predicted molar refractivity (Wildman–Crippen MR) is 96.1 cm³/mol. The van der Waals surface area contributed by atoms with E-state index >= 15 is 0 Å². The van der Waals surface area contributed by atoms with Crippen molar-refractivity contribution in [2.24, 2.45) is 0 Å². The first-order valence-corrected chi connectivity index (χ1v) is 8.68. The summed E-state index contributed by atoms with van der Waals surface area (Å²) in [5, 5.41) is 2.99. The lowest BCUT2D eigenvalue weighted by molar-refractivity contribution is -0.116. The number of rotatable bonds is 3. The molecule has 0 atom stereocenters. The molecular formula is C16H13BrFN3O2S. The summed E-state index contributed by atoms with van der Waals surface area (Å²) in [7, 11) is 0. The van der Waals surface area contributed by atoms with Gasteiger partial charge in [-0.1, -0.05) is 15.9 Å². The molecule has 1 N–H and O–H groups in total. The minimum atomic E-state index is -0.553. The van der Waals surface area contributed by atoms with Gasteiger partial charge < -0.3 is 5.32 Å².